The Labute approximate surface area is 127 Å². The Kier molecular flexibility index (Phi) is 3.55. The van der Waals surface area contributed by atoms with Crippen LogP contribution in [0.15, 0.2) is 36.4 Å². The van der Waals surface area contributed by atoms with Crippen molar-refractivity contribution in [1.29, 1.82) is 0 Å². The molecule has 1 N–H and O–H groups in total. The normalized spacial score (nSPS) is 10.7. The molecule has 3 aromatic rings. The Morgan fingerprint density at radius 3 is 2.50 bits per heavy atom. The highest BCUT2D eigenvalue weighted by Crippen LogP contribution is 2.34. The summed E-state index contributed by atoms with van der Waals surface area (Å²) in [6.07, 6.45) is 0. The van der Waals surface area contributed by atoms with Gasteiger partial charge in [0.15, 0.2) is 17.3 Å². The number of Topliss-reactive ketones (excluding diaryl/α,β-unsaturated/α-hetero) is 1. The van der Waals surface area contributed by atoms with Gasteiger partial charge in [0.1, 0.15) is 5.69 Å². The standard InChI is InChI=1S/C17H16N2O3/c1-10(20)11-4-6-14-13(8-11)17(19-18-14)12-5-7-15(21-2)16(9-12)22-3/h4-9H,1-3H3,(H,18,19). The molecule has 1 heterocycles. The second-order valence-electron chi connectivity index (χ2n) is 4.96. The molecule has 0 saturated heterocycles. The molecule has 0 fully saturated rings. The number of benzene rings is 2. The molecule has 0 aliphatic heterocycles. The largest absolute Gasteiger partial charge is 0.493 e. The number of rotatable bonds is 4. The molecule has 0 atom stereocenters. The zero-order valence-corrected chi connectivity index (χ0v) is 12.6. The maximum absolute atomic E-state index is 11.6. The van der Waals surface area contributed by atoms with Crippen LogP contribution in [0.1, 0.15) is 17.3 Å². The van der Waals surface area contributed by atoms with Crippen LogP contribution in [0.2, 0.25) is 0 Å². The van der Waals surface area contributed by atoms with E-state index in [4.69, 9.17) is 9.47 Å². The summed E-state index contributed by atoms with van der Waals surface area (Å²) in [6, 6.07) is 11.1. The van der Waals surface area contributed by atoms with Gasteiger partial charge in [-0.15, -0.1) is 0 Å². The molecule has 1 aromatic heterocycles. The molecule has 3 rings (SSSR count). The van der Waals surface area contributed by atoms with Crippen molar-refractivity contribution in [3.8, 4) is 22.8 Å². The van der Waals surface area contributed by atoms with Gasteiger partial charge in [-0.05, 0) is 43.3 Å². The van der Waals surface area contributed by atoms with Crippen molar-refractivity contribution in [2.24, 2.45) is 0 Å². The first-order valence-electron chi connectivity index (χ1n) is 6.85. The lowest BCUT2D eigenvalue weighted by atomic mass is 10.0. The van der Waals surface area contributed by atoms with Crippen LogP contribution in [0.4, 0.5) is 0 Å². The maximum Gasteiger partial charge on any atom is 0.161 e. The van der Waals surface area contributed by atoms with Crippen molar-refractivity contribution < 1.29 is 14.3 Å². The average molecular weight is 296 g/mol. The molecule has 5 nitrogen and oxygen atoms in total. The van der Waals surface area contributed by atoms with E-state index in [1.807, 2.05) is 30.3 Å². The molecule has 0 spiro atoms. The van der Waals surface area contributed by atoms with Crippen molar-refractivity contribution in [3.05, 3.63) is 42.0 Å². The number of nitrogens with one attached hydrogen (secondary N) is 1. The third-order valence-electron chi connectivity index (χ3n) is 3.63. The molecular weight excluding hydrogens is 280 g/mol. The van der Waals surface area contributed by atoms with E-state index in [9.17, 15) is 4.79 Å². The highest BCUT2D eigenvalue weighted by molar-refractivity contribution is 6.01. The second-order valence-corrected chi connectivity index (χ2v) is 4.96. The van der Waals surface area contributed by atoms with Gasteiger partial charge in [-0.25, -0.2) is 0 Å². The molecule has 5 heteroatoms. The highest BCUT2D eigenvalue weighted by atomic mass is 16.5. The summed E-state index contributed by atoms with van der Waals surface area (Å²) >= 11 is 0. The first-order valence-corrected chi connectivity index (χ1v) is 6.85. The number of hydrogen-bond acceptors (Lipinski definition) is 4. The van der Waals surface area contributed by atoms with E-state index in [-0.39, 0.29) is 5.78 Å². The van der Waals surface area contributed by atoms with Gasteiger partial charge >= 0.3 is 0 Å². The highest BCUT2D eigenvalue weighted by Gasteiger charge is 2.13. The SMILES string of the molecule is COc1ccc(-c2n[nH]c3ccc(C(C)=O)cc23)cc1OC. The fourth-order valence-electron chi connectivity index (χ4n) is 2.44. The number of ether oxygens (including phenoxy) is 2. The van der Waals surface area contributed by atoms with Crippen LogP contribution in [-0.4, -0.2) is 30.2 Å². The lowest BCUT2D eigenvalue weighted by molar-refractivity contribution is 0.101. The minimum absolute atomic E-state index is 0.0290. The topological polar surface area (TPSA) is 64.2 Å². The quantitative estimate of drug-likeness (QED) is 0.749. The number of aromatic amines is 1. The van der Waals surface area contributed by atoms with Gasteiger partial charge in [-0.2, -0.15) is 5.10 Å². The van der Waals surface area contributed by atoms with Gasteiger partial charge in [0, 0.05) is 16.5 Å². The Hall–Kier alpha value is -2.82. The number of carbonyl (C=O) groups excluding carboxylic acids is 1. The zero-order chi connectivity index (χ0) is 15.7. The van der Waals surface area contributed by atoms with Crippen LogP contribution >= 0.6 is 0 Å². The molecule has 0 saturated carbocycles. The van der Waals surface area contributed by atoms with E-state index < -0.39 is 0 Å². The van der Waals surface area contributed by atoms with Gasteiger partial charge in [0.25, 0.3) is 0 Å². The number of carbonyl (C=O) groups is 1. The van der Waals surface area contributed by atoms with Gasteiger partial charge in [0.2, 0.25) is 0 Å². The molecule has 0 aliphatic rings. The van der Waals surface area contributed by atoms with E-state index in [0.717, 1.165) is 22.2 Å². The Balaban J connectivity index is 2.17. The third kappa shape index (κ3) is 2.30. The summed E-state index contributed by atoms with van der Waals surface area (Å²) in [5.41, 5.74) is 3.22. The maximum atomic E-state index is 11.6. The van der Waals surface area contributed by atoms with Crippen molar-refractivity contribution in [3.63, 3.8) is 0 Å². The molecular formula is C17H16N2O3. The van der Waals surface area contributed by atoms with Crippen LogP contribution in [0.25, 0.3) is 22.2 Å². The predicted molar refractivity (Wildman–Crippen MR) is 84.6 cm³/mol. The summed E-state index contributed by atoms with van der Waals surface area (Å²) in [6.45, 7) is 1.55. The molecule has 2 aromatic carbocycles. The second kappa shape index (κ2) is 5.52. The number of ketones is 1. The Morgan fingerprint density at radius 2 is 1.82 bits per heavy atom. The first-order chi connectivity index (χ1) is 10.6. The molecule has 0 unspecified atom stereocenters. The van der Waals surface area contributed by atoms with Gasteiger partial charge in [0.05, 0.1) is 19.7 Å². The van der Waals surface area contributed by atoms with Crippen molar-refractivity contribution in [2.75, 3.05) is 14.2 Å². The number of fused-ring (bicyclic) bond motifs is 1. The van der Waals surface area contributed by atoms with Crippen molar-refractivity contribution >= 4 is 16.7 Å². The Bertz CT molecular complexity index is 852. The van der Waals surface area contributed by atoms with Crippen molar-refractivity contribution in [2.45, 2.75) is 6.92 Å². The fraction of sp³-hybridized carbons (Fsp3) is 0.176. The lowest BCUT2D eigenvalue weighted by Crippen LogP contribution is -1.92. The third-order valence-corrected chi connectivity index (χ3v) is 3.63. The number of methoxy groups -OCH3 is 2. The summed E-state index contributed by atoms with van der Waals surface area (Å²) in [5.74, 6) is 1.33. The number of aromatic nitrogens is 2. The number of H-pyrrole nitrogens is 1. The number of hydrogen-bond donors (Lipinski definition) is 1. The van der Waals surface area contributed by atoms with Crippen LogP contribution in [0.5, 0.6) is 11.5 Å². The van der Waals surface area contributed by atoms with Gasteiger partial charge in [-0.3, -0.25) is 9.89 Å². The van der Waals surface area contributed by atoms with E-state index in [1.165, 1.54) is 0 Å². The number of nitrogens with zero attached hydrogens (tertiary/aromatic N) is 1. The van der Waals surface area contributed by atoms with Gasteiger partial charge in [-0.1, -0.05) is 0 Å². The van der Waals surface area contributed by atoms with E-state index in [1.54, 1.807) is 27.2 Å². The molecule has 112 valence electrons. The monoisotopic (exact) mass is 296 g/mol. The minimum atomic E-state index is 0.0290. The Morgan fingerprint density at radius 1 is 1.05 bits per heavy atom. The van der Waals surface area contributed by atoms with Crippen LogP contribution < -0.4 is 9.47 Å². The molecule has 0 amide bonds. The van der Waals surface area contributed by atoms with Crippen LogP contribution in [0.3, 0.4) is 0 Å². The summed E-state index contributed by atoms with van der Waals surface area (Å²) in [7, 11) is 3.19. The first kappa shape index (κ1) is 14.1. The molecule has 0 bridgehead atoms. The lowest BCUT2D eigenvalue weighted by Gasteiger charge is -2.08. The minimum Gasteiger partial charge on any atom is -0.493 e. The van der Waals surface area contributed by atoms with Gasteiger partial charge < -0.3 is 9.47 Å². The molecule has 0 radical (unpaired) electrons. The summed E-state index contributed by atoms with van der Waals surface area (Å²) < 4.78 is 10.6. The summed E-state index contributed by atoms with van der Waals surface area (Å²) in [4.78, 5) is 11.6. The molecule has 0 aliphatic carbocycles. The van der Waals surface area contributed by atoms with Crippen LogP contribution in [0, 0.1) is 0 Å². The smallest absolute Gasteiger partial charge is 0.161 e. The van der Waals surface area contributed by atoms with E-state index in [0.29, 0.717) is 17.1 Å². The average Bonchev–Trinajstić information content (AvgIpc) is 2.97. The zero-order valence-electron chi connectivity index (χ0n) is 12.6. The predicted octanol–water partition coefficient (Wildman–Crippen LogP) is 3.45. The summed E-state index contributed by atoms with van der Waals surface area (Å²) in [5, 5.41) is 8.25. The van der Waals surface area contributed by atoms with E-state index >= 15 is 0 Å². The van der Waals surface area contributed by atoms with E-state index in [2.05, 4.69) is 10.2 Å². The van der Waals surface area contributed by atoms with Crippen LogP contribution in [-0.2, 0) is 0 Å². The molecule has 22 heavy (non-hydrogen) atoms. The fourth-order valence-corrected chi connectivity index (χ4v) is 2.44. The van der Waals surface area contributed by atoms with Crippen molar-refractivity contribution in [1.82, 2.24) is 10.2 Å².